The Morgan fingerprint density at radius 3 is 2.55 bits per heavy atom. The van der Waals surface area contributed by atoms with Crippen molar-refractivity contribution >= 4 is 27.3 Å². The molecule has 0 fully saturated rings. The van der Waals surface area contributed by atoms with Gasteiger partial charge in [0.2, 0.25) is 0 Å². The molecule has 9 heteroatoms. The van der Waals surface area contributed by atoms with Crippen molar-refractivity contribution in [3.05, 3.63) is 10.9 Å². The molecular weight excluding hydrogens is 304 g/mol. The molecule has 0 aliphatic rings. The van der Waals surface area contributed by atoms with Gasteiger partial charge in [0, 0.05) is 25.7 Å². The first kappa shape index (κ1) is 16.9. The topological polar surface area (TPSA) is 98.9 Å². The van der Waals surface area contributed by atoms with Crippen LogP contribution in [0.25, 0.3) is 0 Å². The minimum atomic E-state index is -3.77. The van der Waals surface area contributed by atoms with E-state index in [-0.39, 0.29) is 27.4 Å². The quantitative estimate of drug-likeness (QED) is 0.766. The Morgan fingerprint density at radius 2 is 2.10 bits per heavy atom. The van der Waals surface area contributed by atoms with E-state index in [9.17, 15) is 13.2 Å². The van der Waals surface area contributed by atoms with E-state index < -0.39 is 16.0 Å². The van der Waals surface area contributed by atoms with Crippen molar-refractivity contribution in [1.29, 1.82) is 0 Å². The van der Waals surface area contributed by atoms with Gasteiger partial charge in [-0.2, -0.15) is 4.31 Å². The van der Waals surface area contributed by atoms with Crippen molar-refractivity contribution in [2.24, 2.45) is 5.73 Å². The van der Waals surface area contributed by atoms with E-state index in [1.807, 2.05) is 0 Å². The van der Waals surface area contributed by atoms with Crippen LogP contribution in [0.5, 0.6) is 5.75 Å². The summed E-state index contributed by atoms with van der Waals surface area (Å²) in [5.41, 5.74) is 5.49. The van der Waals surface area contributed by atoms with Crippen molar-refractivity contribution in [3.63, 3.8) is 0 Å². The van der Waals surface area contributed by atoms with E-state index in [0.717, 1.165) is 15.6 Å². The maximum Gasteiger partial charge on any atom is 0.348 e. The number of carbonyl (C=O) groups is 1. The SMILES string of the molecule is COC(=O)c1cc(OC)c(S(=O)(=O)N(C)C(C)CN)s1. The van der Waals surface area contributed by atoms with E-state index in [0.29, 0.717) is 0 Å². The van der Waals surface area contributed by atoms with Crippen molar-refractivity contribution in [2.45, 2.75) is 17.2 Å². The number of rotatable bonds is 6. The number of esters is 1. The largest absolute Gasteiger partial charge is 0.494 e. The highest BCUT2D eigenvalue weighted by Crippen LogP contribution is 2.35. The Labute approximate surface area is 122 Å². The van der Waals surface area contributed by atoms with Crippen LogP contribution in [0.3, 0.4) is 0 Å². The molecule has 0 saturated heterocycles. The van der Waals surface area contributed by atoms with Crippen LogP contribution in [0.15, 0.2) is 10.3 Å². The molecule has 0 amide bonds. The van der Waals surface area contributed by atoms with Crippen LogP contribution in [0.4, 0.5) is 0 Å². The van der Waals surface area contributed by atoms with Gasteiger partial charge in [0.25, 0.3) is 10.0 Å². The molecule has 0 aromatic carbocycles. The van der Waals surface area contributed by atoms with E-state index in [2.05, 4.69) is 4.74 Å². The lowest BCUT2D eigenvalue weighted by molar-refractivity contribution is 0.0606. The summed E-state index contributed by atoms with van der Waals surface area (Å²) in [6, 6.07) is 0.984. The van der Waals surface area contributed by atoms with E-state index >= 15 is 0 Å². The summed E-state index contributed by atoms with van der Waals surface area (Å²) in [6.07, 6.45) is 0. The zero-order valence-electron chi connectivity index (χ0n) is 11.7. The molecule has 0 bridgehead atoms. The smallest absolute Gasteiger partial charge is 0.348 e. The number of ether oxygens (including phenoxy) is 2. The number of likely N-dealkylation sites (N-methyl/N-ethyl adjacent to an activating group) is 1. The van der Waals surface area contributed by atoms with Gasteiger partial charge in [-0.1, -0.05) is 0 Å². The fraction of sp³-hybridized carbons (Fsp3) is 0.545. The molecule has 1 heterocycles. The molecule has 0 spiro atoms. The summed E-state index contributed by atoms with van der Waals surface area (Å²) in [7, 11) is 0.229. The first-order chi connectivity index (χ1) is 9.29. The monoisotopic (exact) mass is 322 g/mol. The molecule has 1 unspecified atom stereocenters. The van der Waals surface area contributed by atoms with Crippen molar-refractivity contribution in [3.8, 4) is 5.75 Å². The number of sulfonamides is 1. The number of hydrogen-bond acceptors (Lipinski definition) is 7. The molecule has 1 rings (SSSR count). The summed E-state index contributed by atoms with van der Waals surface area (Å²) in [6.45, 7) is 1.88. The number of thiophene rings is 1. The van der Waals surface area contributed by atoms with Crippen LogP contribution in [-0.2, 0) is 14.8 Å². The summed E-state index contributed by atoms with van der Waals surface area (Å²) >= 11 is 0.810. The standard InChI is InChI=1S/C11H18N2O5S2/c1-7(6-12)13(2)20(15,16)11-8(17-3)5-9(19-11)10(14)18-4/h5,7H,6,12H2,1-4H3. The lowest BCUT2D eigenvalue weighted by Gasteiger charge is -2.22. The van der Waals surface area contributed by atoms with Crippen LogP contribution < -0.4 is 10.5 Å². The number of carbonyl (C=O) groups excluding carboxylic acids is 1. The molecule has 7 nitrogen and oxygen atoms in total. The zero-order chi connectivity index (χ0) is 15.5. The summed E-state index contributed by atoms with van der Waals surface area (Å²) < 4.78 is 35.7. The first-order valence-corrected chi connectivity index (χ1v) is 7.99. The maximum atomic E-state index is 12.5. The highest BCUT2D eigenvalue weighted by atomic mass is 32.2. The van der Waals surface area contributed by atoms with Gasteiger partial charge >= 0.3 is 5.97 Å². The summed E-state index contributed by atoms with van der Waals surface area (Å²) in [5, 5.41) is 0. The third-order valence-electron chi connectivity index (χ3n) is 2.85. The Balaban J connectivity index is 3.31. The van der Waals surface area contributed by atoms with Crippen molar-refractivity contribution < 1.29 is 22.7 Å². The van der Waals surface area contributed by atoms with Gasteiger partial charge in [0.15, 0.2) is 9.96 Å². The lowest BCUT2D eigenvalue weighted by Crippen LogP contribution is -2.39. The Hall–Kier alpha value is -1.16. The van der Waals surface area contributed by atoms with Crippen LogP contribution >= 0.6 is 11.3 Å². The number of hydrogen-bond donors (Lipinski definition) is 1. The second kappa shape index (κ2) is 6.53. The molecular formula is C11H18N2O5S2. The zero-order valence-corrected chi connectivity index (χ0v) is 13.4. The minimum absolute atomic E-state index is 0.0387. The van der Waals surface area contributed by atoms with Crippen LogP contribution in [0.1, 0.15) is 16.6 Å². The summed E-state index contributed by atoms with van der Waals surface area (Å²) in [5.74, 6) is -0.490. The molecule has 0 radical (unpaired) electrons. The molecule has 0 aliphatic carbocycles. The summed E-state index contributed by atoms with van der Waals surface area (Å²) in [4.78, 5) is 11.6. The first-order valence-electron chi connectivity index (χ1n) is 5.73. The van der Waals surface area contributed by atoms with Crippen LogP contribution in [0, 0.1) is 0 Å². The Bertz CT molecular complexity index is 582. The van der Waals surface area contributed by atoms with Gasteiger partial charge in [0.05, 0.1) is 14.2 Å². The van der Waals surface area contributed by atoms with Gasteiger partial charge < -0.3 is 15.2 Å². The highest BCUT2D eigenvalue weighted by molar-refractivity contribution is 7.91. The van der Waals surface area contributed by atoms with E-state index in [1.54, 1.807) is 6.92 Å². The fourth-order valence-electron chi connectivity index (χ4n) is 1.40. The van der Waals surface area contributed by atoms with Crippen molar-refractivity contribution in [1.82, 2.24) is 4.31 Å². The van der Waals surface area contributed by atoms with Crippen LogP contribution in [0.2, 0.25) is 0 Å². The third-order valence-corrected chi connectivity index (χ3v) is 6.41. The van der Waals surface area contributed by atoms with Gasteiger partial charge in [-0.3, -0.25) is 0 Å². The van der Waals surface area contributed by atoms with Crippen LogP contribution in [-0.4, -0.2) is 52.5 Å². The predicted molar refractivity (Wildman–Crippen MR) is 75.7 cm³/mol. The molecule has 0 saturated carbocycles. The van der Waals surface area contributed by atoms with Crippen molar-refractivity contribution in [2.75, 3.05) is 27.8 Å². The number of methoxy groups -OCH3 is 2. The van der Waals surface area contributed by atoms with Gasteiger partial charge in [-0.15, -0.1) is 11.3 Å². The second-order valence-corrected chi connectivity index (χ2v) is 7.31. The second-order valence-electron chi connectivity index (χ2n) is 4.06. The average Bonchev–Trinajstić information content (AvgIpc) is 2.89. The van der Waals surface area contributed by atoms with Gasteiger partial charge in [0.1, 0.15) is 4.88 Å². The normalized spacial score (nSPS) is 13.3. The van der Waals surface area contributed by atoms with Gasteiger partial charge in [-0.25, -0.2) is 13.2 Å². The average molecular weight is 322 g/mol. The molecule has 0 aliphatic heterocycles. The number of nitrogens with zero attached hydrogens (tertiary/aromatic N) is 1. The Kier molecular flexibility index (Phi) is 5.51. The Morgan fingerprint density at radius 1 is 1.50 bits per heavy atom. The predicted octanol–water partition coefficient (Wildman–Crippen LogP) is 0.511. The maximum absolute atomic E-state index is 12.5. The number of nitrogens with two attached hydrogens (primary N) is 1. The third kappa shape index (κ3) is 3.11. The van der Waals surface area contributed by atoms with E-state index in [4.69, 9.17) is 10.5 Å². The minimum Gasteiger partial charge on any atom is -0.494 e. The van der Waals surface area contributed by atoms with Gasteiger partial charge in [-0.05, 0) is 6.92 Å². The molecule has 1 aromatic rings. The lowest BCUT2D eigenvalue weighted by atomic mass is 10.4. The molecule has 1 aromatic heterocycles. The molecule has 114 valence electrons. The van der Waals surface area contributed by atoms with E-state index in [1.165, 1.54) is 27.3 Å². The molecule has 2 N–H and O–H groups in total. The fourth-order valence-corrected chi connectivity index (χ4v) is 4.43. The molecule has 1 atom stereocenters. The highest BCUT2D eigenvalue weighted by Gasteiger charge is 2.31. The molecule has 20 heavy (non-hydrogen) atoms.